The second-order valence-corrected chi connectivity index (χ2v) is 7.63. The number of amides is 1. The van der Waals surface area contributed by atoms with Crippen LogP contribution in [0.3, 0.4) is 0 Å². The molecule has 1 amide bonds. The standard InChI is InChI=1S/C15H22N2O3S/c1-3-15(10-5-11-16-15)14(18)17-12-6-8-13(9-7-12)21(19,20)4-2/h6-9,16H,3-5,10-11H2,1-2H3,(H,17,18). The van der Waals surface area contributed by atoms with E-state index in [1.807, 2.05) is 6.92 Å². The van der Waals surface area contributed by atoms with Crippen LogP contribution in [0.5, 0.6) is 0 Å². The van der Waals surface area contributed by atoms with Crippen LogP contribution in [0.2, 0.25) is 0 Å². The maximum Gasteiger partial charge on any atom is 0.244 e. The van der Waals surface area contributed by atoms with Crippen molar-refractivity contribution in [3.05, 3.63) is 24.3 Å². The largest absolute Gasteiger partial charge is 0.324 e. The van der Waals surface area contributed by atoms with Crippen LogP contribution in [0, 0.1) is 0 Å². The fourth-order valence-corrected chi connectivity index (χ4v) is 3.51. The summed E-state index contributed by atoms with van der Waals surface area (Å²) in [6.07, 6.45) is 2.56. The van der Waals surface area contributed by atoms with Gasteiger partial charge in [0.05, 0.1) is 16.2 Å². The Morgan fingerprint density at radius 2 is 1.95 bits per heavy atom. The van der Waals surface area contributed by atoms with Gasteiger partial charge in [-0.1, -0.05) is 13.8 Å². The summed E-state index contributed by atoms with van der Waals surface area (Å²) in [5.41, 5.74) is 0.130. The van der Waals surface area contributed by atoms with Crippen LogP contribution in [0.1, 0.15) is 33.1 Å². The van der Waals surface area contributed by atoms with Gasteiger partial charge in [-0.15, -0.1) is 0 Å². The van der Waals surface area contributed by atoms with Gasteiger partial charge >= 0.3 is 0 Å². The van der Waals surface area contributed by atoms with Crippen LogP contribution in [-0.4, -0.2) is 32.2 Å². The highest BCUT2D eigenvalue weighted by Crippen LogP contribution is 2.25. The number of hydrogen-bond acceptors (Lipinski definition) is 4. The van der Waals surface area contributed by atoms with Gasteiger partial charge in [0.25, 0.3) is 0 Å². The number of hydrogen-bond donors (Lipinski definition) is 2. The molecule has 1 aromatic rings. The van der Waals surface area contributed by atoms with Crippen molar-refractivity contribution >= 4 is 21.4 Å². The lowest BCUT2D eigenvalue weighted by molar-refractivity contribution is -0.122. The van der Waals surface area contributed by atoms with Crippen molar-refractivity contribution in [2.75, 3.05) is 17.6 Å². The number of carbonyl (C=O) groups excluding carboxylic acids is 1. The molecule has 1 atom stereocenters. The van der Waals surface area contributed by atoms with Crippen molar-refractivity contribution in [3.63, 3.8) is 0 Å². The highest BCUT2D eigenvalue weighted by Gasteiger charge is 2.39. The van der Waals surface area contributed by atoms with Crippen LogP contribution in [-0.2, 0) is 14.6 Å². The first-order chi connectivity index (χ1) is 9.93. The molecule has 0 saturated carbocycles. The minimum Gasteiger partial charge on any atom is -0.324 e. The second kappa shape index (κ2) is 6.15. The number of rotatable bonds is 5. The van der Waals surface area contributed by atoms with E-state index >= 15 is 0 Å². The Hall–Kier alpha value is -1.40. The van der Waals surface area contributed by atoms with Crippen LogP contribution in [0.4, 0.5) is 5.69 Å². The van der Waals surface area contributed by atoms with Crippen molar-refractivity contribution in [3.8, 4) is 0 Å². The molecule has 1 aliphatic heterocycles. The van der Waals surface area contributed by atoms with E-state index < -0.39 is 15.4 Å². The second-order valence-electron chi connectivity index (χ2n) is 5.35. The van der Waals surface area contributed by atoms with Crippen molar-refractivity contribution in [1.82, 2.24) is 5.32 Å². The predicted octanol–water partition coefficient (Wildman–Crippen LogP) is 1.95. The van der Waals surface area contributed by atoms with E-state index in [2.05, 4.69) is 10.6 Å². The Balaban J connectivity index is 2.12. The molecule has 116 valence electrons. The van der Waals surface area contributed by atoms with Crippen LogP contribution in [0.25, 0.3) is 0 Å². The van der Waals surface area contributed by atoms with E-state index in [9.17, 15) is 13.2 Å². The number of sulfone groups is 1. The molecule has 2 rings (SSSR count). The van der Waals surface area contributed by atoms with E-state index in [4.69, 9.17) is 0 Å². The minimum atomic E-state index is -3.20. The summed E-state index contributed by atoms with van der Waals surface area (Å²) < 4.78 is 23.5. The highest BCUT2D eigenvalue weighted by atomic mass is 32.2. The van der Waals surface area contributed by atoms with Gasteiger partial charge in [-0.05, 0) is 50.1 Å². The fraction of sp³-hybridized carbons (Fsp3) is 0.533. The molecule has 0 spiro atoms. The van der Waals surface area contributed by atoms with E-state index in [-0.39, 0.29) is 16.6 Å². The predicted molar refractivity (Wildman–Crippen MR) is 83.1 cm³/mol. The van der Waals surface area contributed by atoms with Crippen LogP contribution < -0.4 is 10.6 Å². The summed E-state index contributed by atoms with van der Waals surface area (Å²) in [6, 6.07) is 6.35. The monoisotopic (exact) mass is 310 g/mol. The van der Waals surface area contributed by atoms with Crippen molar-refractivity contribution in [1.29, 1.82) is 0 Å². The summed E-state index contributed by atoms with van der Waals surface area (Å²) in [7, 11) is -3.20. The quantitative estimate of drug-likeness (QED) is 0.871. The van der Waals surface area contributed by atoms with Gasteiger partial charge in [-0.2, -0.15) is 0 Å². The number of nitrogens with one attached hydrogen (secondary N) is 2. The molecule has 5 nitrogen and oxygen atoms in total. The maximum atomic E-state index is 12.4. The third kappa shape index (κ3) is 3.27. The summed E-state index contributed by atoms with van der Waals surface area (Å²) >= 11 is 0. The normalized spacial score (nSPS) is 22.2. The van der Waals surface area contributed by atoms with Crippen LogP contribution in [0.15, 0.2) is 29.2 Å². The zero-order valence-electron chi connectivity index (χ0n) is 12.5. The smallest absolute Gasteiger partial charge is 0.244 e. The zero-order chi connectivity index (χ0) is 15.5. The molecule has 0 bridgehead atoms. The van der Waals surface area contributed by atoms with Gasteiger partial charge in [0.15, 0.2) is 9.84 Å². The number of anilines is 1. The third-order valence-electron chi connectivity index (χ3n) is 4.13. The Kier molecular flexibility index (Phi) is 4.68. The van der Waals surface area contributed by atoms with E-state index in [0.717, 1.165) is 25.8 Å². The summed E-state index contributed by atoms with van der Waals surface area (Å²) in [5.74, 6) is 0.0234. The van der Waals surface area contributed by atoms with Gasteiger partial charge in [-0.3, -0.25) is 4.79 Å². The first-order valence-electron chi connectivity index (χ1n) is 7.33. The van der Waals surface area contributed by atoms with Crippen molar-refractivity contribution in [2.45, 2.75) is 43.5 Å². The molecule has 1 unspecified atom stereocenters. The molecule has 2 N–H and O–H groups in total. The van der Waals surface area contributed by atoms with Gasteiger partial charge in [-0.25, -0.2) is 8.42 Å². The molecule has 1 fully saturated rings. The molecule has 21 heavy (non-hydrogen) atoms. The van der Waals surface area contributed by atoms with Crippen molar-refractivity contribution < 1.29 is 13.2 Å². The lowest BCUT2D eigenvalue weighted by atomic mass is 9.93. The SMILES string of the molecule is CCC1(C(=O)Nc2ccc(S(=O)(=O)CC)cc2)CCCN1. The first kappa shape index (κ1) is 16.0. The van der Waals surface area contributed by atoms with E-state index in [1.54, 1.807) is 19.1 Å². The Bertz CT molecular complexity index is 602. The third-order valence-corrected chi connectivity index (χ3v) is 5.88. The molecular formula is C15H22N2O3S. The zero-order valence-corrected chi connectivity index (χ0v) is 13.3. The van der Waals surface area contributed by atoms with Crippen molar-refractivity contribution in [2.24, 2.45) is 0 Å². The van der Waals surface area contributed by atoms with E-state index in [1.165, 1.54) is 12.1 Å². The Morgan fingerprint density at radius 3 is 2.43 bits per heavy atom. The minimum absolute atomic E-state index is 0.0476. The molecule has 1 aliphatic rings. The van der Waals surface area contributed by atoms with Gasteiger partial charge in [0, 0.05) is 5.69 Å². The topological polar surface area (TPSA) is 75.3 Å². The lowest BCUT2D eigenvalue weighted by Gasteiger charge is -2.26. The van der Waals surface area contributed by atoms with E-state index in [0.29, 0.717) is 5.69 Å². The summed E-state index contributed by atoms with van der Waals surface area (Å²) in [6.45, 7) is 4.46. The molecule has 1 heterocycles. The average molecular weight is 310 g/mol. The molecule has 0 aromatic heterocycles. The number of carbonyl (C=O) groups is 1. The van der Waals surface area contributed by atoms with Crippen LogP contribution >= 0.6 is 0 Å². The highest BCUT2D eigenvalue weighted by molar-refractivity contribution is 7.91. The molecule has 1 saturated heterocycles. The Morgan fingerprint density at radius 1 is 1.29 bits per heavy atom. The van der Waals surface area contributed by atoms with Gasteiger partial charge < -0.3 is 10.6 Å². The fourth-order valence-electron chi connectivity index (χ4n) is 2.63. The molecule has 1 aromatic carbocycles. The summed E-state index contributed by atoms with van der Waals surface area (Å²) in [5, 5.41) is 6.15. The molecule has 0 aliphatic carbocycles. The molecule has 6 heteroatoms. The van der Waals surface area contributed by atoms with Gasteiger partial charge in [0.2, 0.25) is 5.91 Å². The maximum absolute atomic E-state index is 12.4. The first-order valence-corrected chi connectivity index (χ1v) is 8.98. The van der Waals surface area contributed by atoms with Gasteiger partial charge in [0.1, 0.15) is 0 Å². The average Bonchev–Trinajstić information content (AvgIpc) is 2.98. The molecular weight excluding hydrogens is 288 g/mol. The Labute approximate surface area is 126 Å². The number of benzene rings is 1. The molecule has 0 radical (unpaired) electrons. The summed E-state index contributed by atoms with van der Waals surface area (Å²) in [4.78, 5) is 12.7. The lowest BCUT2D eigenvalue weighted by Crippen LogP contribution is -2.50.